The number of alkyl halides is 1. The lowest BCUT2D eigenvalue weighted by Crippen LogP contribution is -2.38. The fraction of sp³-hybridized carbons (Fsp3) is 0.400. The highest BCUT2D eigenvalue weighted by Gasteiger charge is 2.43. The van der Waals surface area contributed by atoms with Gasteiger partial charge in [0, 0.05) is 30.3 Å². The molecule has 5 rings (SSSR count). The SMILES string of the molecule is CC#CC(=O)N1CCCC1COc1nccc(C2(F)CC=C(C)C(c3c(C4CC4)ccc(C(N)=O)c3F)=C2N)n1. The van der Waals surface area contributed by atoms with E-state index in [9.17, 15) is 9.59 Å². The molecule has 208 valence electrons. The predicted octanol–water partition coefficient (Wildman–Crippen LogP) is 3.87. The molecular weight excluding hydrogens is 516 g/mol. The monoisotopic (exact) mass is 547 g/mol. The molecule has 2 amide bonds. The first-order valence-corrected chi connectivity index (χ1v) is 13.3. The Bertz CT molecular complexity index is 1500. The lowest BCUT2D eigenvalue weighted by Gasteiger charge is -2.32. The van der Waals surface area contributed by atoms with Gasteiger partial charge in [-0.25, -0.2) is 13.8 Å². The van der Waals surface area contributed by atoms with E-state index in [2.05, 4.69) is 21.8 Å². The number of hydrogen-bond acceptors (Lipinski definition) is 6. The molecule has 0 spiro atoms. The van der Waals surface area contributed by atoms with Crippen LogP contribution in [-0.4, -0.2) is 45.9 Å². The third kappa shape index (κ3) is 4.92. The van der Waals surface area contributed by atoms with Gasteiger partial charge in [0.15, 0.2) is 5.67 Å². The molecule has 1 aromatic heterocycles. The van der Waals surface area contributed by atoms with Crippen LogP contribution in [0.25, 0.3) is 5.57 Å². The van der Waals surface area contributed by atoms with E-state index in [4.69, 9.17) is 16.2 Å². The van der Waals surface area contributed by atoms with Crippen LogP contribution in [0, 0.1) is 17.7 Å². The third-order valence-electron chi connectivity index (χ3n) is 7.80. The largest absolute Gasteiger partial charge is 0.461 e. The molecule has 10 heteroatoms. The maximum atomic E-state index is 16.9. The average Bonchev–Trinajstić information content (AvgIpc) is 3.67. The van der Waals surface area contributed by atoms with Crippen molar-refractivity contribution in [1.29, 1.82) is 0 Å². The van der Waals surface area contributed by atoms with Crippen molar-refractivity contribution in [2.75, 3.05) is 13.2 Å². The van der Waals surface area contributed by atoms with Crippen molar-refractivity contribution in [2.45, 2.75) is 63.6 Å². The molecule has 1 aromatic carbocycles. The summed E-state index contributed by atoms with van der Waals surface area (Å²) in [6, 6.07) is 4.21. The summed E-state index contributed by atoms with van der Waals surface area (Å²) < 4.78 is 38.4. The van der Waals surface area contributed by atoms with E-state index in [0.717, 1.165) is 25.7 Å². The van der Waals surface area contributed by atoms with Crippen LogP contribution < -0.4 is 16.2 Å². The van der Waals surface area contributed by atoms with Crippen LogP contribution >= 0.6 is 0 Å². The fourth-order valence-corrected chi connectivity index (χ4v) is 5.52. The van der Waals surface area contributed by atoms with Gasteiger partial charge in [0.2, 0.25) is 0 Å². The Morgan fingerprint density at radius 3 is 2.73 bits per heavy atom. The Labute approximate surface area is 231 Å². The van der Waals surface area contributed by atoms with Gasteiger partial charge in [-0.3, -0.25) is 9.59 Å². The number of rotatable bonds is 7. The second-order valence-electron chi connectivity index (χ2n) is 10.4. The summed E-state index contributed by atoms with van der Waals surface area (Å²) in [6.07, 6.45) is 6.19. The highest BCUT2D eigenvalue weighted by atomic mass is 19.1. The van der Waals surface area contributed by atoms with Crippen molar-refractivity contribution in [3.8, 4) is 17.9 Å². The van der Waals surface area contributed by atoms with Gasteiger partial charge in [0.25, 0.3) is 11.8 Å². The first kappa shape index (κ1) is 27.3. The van der Waals surface area contributed by atoms with Crippen molar-refractivity contribution in [2.24, 2.45) is 11.5 Å². The number of likely N-dealkylation sites (tertiary alicyclic amines) is 1. The van der Waals surface area contributed by atoms with Crippen molar-refractivity contribution < 1.29 is 23.1 Å². The first-order valence-electron chi connectivity index (χ1n) is 13.3. The van der Waals surface area contributed by atoms with Gasteiger partial charge < -0.3 is 21.1 Å². The molecule has 0 radical (unpaired) electrons. The summed E-state index contributed by atoms with van der Waals surface area (Å²) in [7, 11) is 0. The molecule has 2 aromatic rings. The zero-order valence-corrected chi connectivity index (χ0v) is 22.5. The van der Waals surface area contributed by atoms with Crippen LogP contribution in [0.4, 0.5) is 8.78 Å². The van der Waals surface area contributed by atoms with E-state index in [0.29, 0.717) is 17.7 Å². The molecule has 40 heavy (non-hydrogen) atoms. The number of allylic oxidation sites excluding steroid dienone is 4. The van der Waals surface area contributed by atoms with Crippen LogP contribution in [0.15, 0.2) is 41.7 Å². The van der Waals surface area contributed by atoms with Gasteiger partial charge in [-0.2, -0.15) is 4.98 Å². The van der Waals surface area contributed by atoms with E-state index >= 15 is 8.78 Å². The molecule has 2 unspecified atom stereocenters. The van der Waals surface area contributed by atoms with E-state index < -0.39 is 17.4 Å². The topological polar surface area (TPSA) is 124 Å². The molecule has 2 atom stereocenters. The van der Waals surface area contributed by atoms with Crippen molar-refractivity contribution >= 4 is 17.4 Å². The molecule has 2 aliphatic carbocycles. The Morgan fingerprint density at radius 1 is 1.25 bits per heavy atom. The van der Waals surface area contributed by atoms with Crippen LogP contribution in [0.5, 0.6) is 6.01 Å². The molecule has 0 bridgehead atoms. The Hall–Kier alpha value is -4.26. The maximum Gasteiger partial charge on any atom is 0.316 e. The number of aromatic nitrogens is 2. The summed E-state index contributed by atoms with van der Waals surface area (Å²) >= 11 is 0. The fourth-order valence-electron chi connectivity index (χ4n) is 5.52. The number of halogens is 2. The van der Waals surface area contributed by atoms with Crippen LogP contribution in [0.3, 0.4) is 0 Å². The smallest absolute Gasteiger partial charge is 0.316 e. The molecule has 2 heterocycles. The van der Waals surface area contributed by atoms with Gasteiger partial charge >= 0.3 is 6.01 Å². The molecule has 3 aliphatic rings. The maximum absolute atomic E-state index is 16.9. The van der Waals surface area contributed by atoms with Crippen molar-refractivity contribution in [3.05, 3.63) is 69.9 Å². The number of ether oxygens (including phenoxy) is 1. The number of primary amides is 1. The van der Waals surface area contributed by atoms with Crippen molar-refractivity contribution in [3.63, 3.8) is 0 Å². The van der Waals surface area contributed by atoms with Crippen molar-refractivity contribution in [1.82, 2.24) is 14.9 Å². The van der Waals surface area contributed by atoms with Gasteiger partial charge in [0.1, 0.15) is 12.4 Å². The average molecular weight is 548 g/mol. The quantitative estimate of drug-likeness (QED) is 0.507. The summed E-state index contributed by atoms with van der Waals surface area (Å²) in [6.45, 7) is 4.06. The minimum absolute atomic E-state index is 0.0353. The van der Waals surface area contributed by atoms with E-state index in [1.165, 1.54) is 18.3 Å². The molecule has 8 nitrogen and oxygen atoms in total. The van der Waals surface area contributed by atoms with E-state index in [1.54, 1.807) is 30.9 Å². The van der Waals surface area contributed by atoms with Gasteiger partial charge in [-0.05, 0) is 74.6 Å². The number of nitrogens with two attached hydrogens (primary N) is 2. The van der Waals surface area contributed by atoms with E-state index in [-0.39, 0.29) is 65.0 Å². The molecular formula is C30H31F2N5O3. The Balaban J connectivity index is 1.48. The number of carbonyl (C=O) groups excluding carboxylic acids is 2. The normalized spacial score (nSPS) is 22.4. The summed E-state index contributed by atoms with van der Waals surface area (Å²) in [5, 5.41) is 0. The number of carbonyl (C=O) groups is 2. The van der Waals surface area contributed by atoms with Crippen LogP contribution in [0.2, 0.25) is 0 Å². The second-order valence-corrected chi connectivity index (χ2v) is 10.4. The molecule has 1 saturated carbocycles. The zero-order chi connectivity index (χ0) is 28.6. The third-order valence-corrected chi connectivity index (χ3v) is 7.80. The number of nitrogens with zero attached hydrogens (tertiary/aromatic N) is 3. The first-order chi connectivity index (χ1) is 19.2. The lowest BCUT2D eigenvalue weighted by atomic mass is 9.78. The minimum atomic E-state index is -2.28. The Kier molecular flexibility index (Phi) is 7.32. The summed E-state index contributed by atoms with van der Waals surface area (Å²) in [4.78, 5) is 34.3. The number of hydrogen-bond donors (Lipinski definition) is 2. The van der Waals surface area contributed by atoms with Gasteiger partial charge in [-0.15, -0.1) is 0 Å². The second kappa shape index (κ2) is 10.7. The predicted molar refractivity (Wildman–Crippen MR) is 145 cm³/mol. The molecule has 2 fully saturated rings. The standard InChI is InChI=1S/C30H31F2N5O3/c1-3-5-23(38)37-15-4-6-19(37)16-40-29-35-14-12-22(36-29)30(32)13-11-17(2)24(27(30)33)25-20(18-7-8-18)9-10-21(26(25)31)28(34)39/h9-12,14,18-19H,4,6-8,13,15-16,33H2,1-2H3,(H2,34,39). The zero-order valence-electron chi connectivity index (χ0n) is 22.5. The van der Waals surface area contributed by atoms with Crippen LogP contribution in [0.1, 0.15) is 79.0 Å². The molecule has 4 N–H and O–H groups in total. The number of benzene rings is 1. The lowest BCUT2D eigenvalue weighted by molar-refractivity contribution is -0.126. The minimum Gasteiger partial charge on any atom is -0.461 e. The number of amides is 2. The summed E-state index contributed by atoms with van der Waals surface area (Å²) in [5.41, 5.74) is 10.7. The summed E-state index contributed by atoms with van der Waals surface area (Å²) in [5.74, 6) is 3.29. The van der Waals surface area contributed by atoms with Crippen LogP contribution in [-0.2, 0) is 10.5 Å². The highest BCUT2D eigenvalue weighted by molar-refractivity contribution is 5.96. The molecule has 1 aliphatic heterocycles. The highest BCUT2D eigenvalue weighted by Crippen LogP contribution is 2.50. The van der Waals surface area contributed by atoms with E-state index in [1.807, 2.05) is 0 Å². The van der Waals surface area contributed by atoms with Gasteiger partial charge in [0.05, 0.1) is 23.0 Å². The molecule has 1 saturated heterocycles. The Morgan fingerprint density at radius 2 is 2.02 bits per heavy atom. The van der Waals surface area contributed by atoms with Gasteiger partial charge in [-0.1, -0.05) is 18.1 Å².